The van der Waals surface area contributed by atoms with E-state index in [0.717, 1.165) is 12.5 Å². The summed E-state index contributed by atoms with van der Waals surface area (Å²) < 4.78 is 26.2. The smallest absolute Gasteiger partial charge is 0.307 e. The normalized spacial score (nSPS) is 24.2. The summed E-state index contributed by atoms with van der Waals surface area (Å²) in [6.07, 6.45) is 0.546. The Morgan fingerprint density at radius 3 is 2.47 bits per heavy atom. The molecule has 0 saturated carbocycles. The van der Waals surface area contributed by atoms with Gasteiger partial charge in [0, 0.05) is 25.6 Å². The van der Waals surface area contributed by atoms with E-state index in [0.29, 0.717) is 19.5 Å². The number of halogens is 2. The van der Waals surface area contributed by atoms with Gasteiger partial charge in [-0.15, -0.1) is 0 Å². The maximum Gasteiger partial charge on any atom is 0.307 e. The monoisotopic (exact) mass is 269 g/mol. The number of rotatable bonds is 3. The van der Waals surface area contributed by atoms with Gasteiger partial charge in [0.15, 0.2) is 0 Å². The van der Waals surface area contributed by atoms with Crippen LogP contribution in [0.2, 0.25) is 0 Å². The topological polar surface area (TPSA) is 49.3 Å². The predicted octanol–water partition coefficient (Wildman–Crippen LogP) is 2.58. The van der Waals surface area contributed by atoms with E-state index in [2.05, 4.69) is 5.32 Å². The lowest BCUT2D eigenvalue weighted by Crippen LogP contribution is -2.38. The summed E-state index contributed by atoms with van der Waals surface area (Å²) in [5.74, 6) is -4.00. The Labute approximate surface area is 110 Å². The van der Waals surface area contributed by atoms with Crippen LogP contribution in [-0.4, -0.2) is 24.2 Å². The lowest BCUT2D eigenvalue weighted by molar-refractivity contribution is -0.142. The number of aliphatic carboxylic acids is 1. The number of carboxylic acid groups (broad SMARTS) is 1. The molecule has 0 amide bonds. The molecule has 5 heteroatoms. The van der Waals surface area contributed by atoms with Crippen LogP contribution in [0.3, 0.4) is 0 Å². The summed E-state index contributed by atoms with van der Waals surface area (Å²) in [5, 5.41) is 12.1. The van der Waals surface area contributed by atoms with Gasteiger partial charge in [-0.2, -0.15) is 0 Å². The molecule has 1 aliphatic rings. The molecule has 1 aromatic carbocycles. The number of benzene rings is 1. The molecule has 2 N–H and O–H groups in total. The van der Waals surface area contributed by atoms with E-state index < -0.39 is 17.8 Å². The van der Waals surface area contributed by atoms with E-state index in [1.165, 1.54) is 12.1 Å². The number of nitrogens with one attached hydrogen (secondary N) is 1. The van der Waals surface area contributed by atoms with Gasteiger partial charge in [-0.25, -0.2) is 8.78 Å². The second-order valence-corrected chi connectivity index (χ2v) is 5.14. The van der Waals surface area contributed by atoms with Crippen molar-refractivity contribution in [1.82, 2.24) is 5.32 Å². The fourth-order valence-electron chi connectivity index (χ4n) is 2.43. The lowest BCUT2D eigenvalue weighted by Gasteiger charge is -2.28. The van der Waals surface area contributed by atoms with Crippen LogP contribution >= 0.6 is 0 Å². The molecule has 1 aromatic rings. The summed E-state index contributed by atoms with van der Waals surface area (Å²) in [6, 6.07) is 6.17. The van der Waals surface area contributed by atoms with Crippen molar-refractivity contribution in [3.05, 3.63) is 35.4 Å². The fraction of sp³-hybridized carbons (Fsp3) is 0.500. The third-order valence-electron chi connectivity index (χ3n) is 3.59. The Kier molecular flexibility index (Phi) is 3.85. The fourth-order valence-corrected chi connectivity index (χ4v) is 2.43. The van der Waals surface area contributed by atoms with E-state index in [1.54, 1.807) is 12.1 Å². The largest absolute Gasteiger partial charge is 0.481 e. The Morgan fingerprint density at radius 1 is 1.32 bits per heavy atom. The average Bonchev–Trinajstić information content (AvgIpc) is 2.38. The molecule has 2 rings (SSSR count). The molecule has 0 aliphatic carbocycles. The van der Waals surface area contributed by atoms with Gasteiger partial charge in [0.2, 0.25) is 0 Å². The molecule has 1 saturated heterocycles. The number of piperidine rings is 1. The summed E-state index contributed by atoms with van der Waals surface area (Å²) in [5.41, 5.74) is 0.890. The first-order valence-corrected chi connectivity index (χ1v) is 6.29. The van der Waals surface area contributed by atoms with Gasteiger partial charge >= 0.3 is 5.97 Å². The van der Waals surface area contributed by atoms with Crippen LogP contribution in [0, 0.1) is 5.92 Å². The molecule has 0 bridgehead atoms. The van der Waals surface area contributed by atoms with Gasteiger partial charge < -0.3 is 10.4 Å². The number of hydrogen-bond acceptors (Lipinski definition) is 2. The van der Waals surface area contributed by atoms with Gasteiger partial charge in [0.05, 0.1) is 5.92 Å². The number of alkyl halides is 2. The van der Waals surface area contributed by atoms with Crippen molar-refractivity contribution in [1.29, 1.82) is 0 Å². The molecular weight excluding hydrogens is 252 g/mol. The molecule has 19 heavy (non-hydrogen) atoms. The first-order chi connectivity index (χ1) is 8.88. The van der Waals surface area contributed by atoms with Crippen molar-refractivity contribution in [2.75, 3.05) is 13.1 Å². The van der Waals surface area contributed by atoms with Crippen LogP contribution in [0.15, 0.2) is 24.3 Å². The van der Waals surface area contributed by atoms with Crippen molar-refractivity contribution in [2.45, 2.75) is 25.2 Å². The first kappa shape index (κ1) is 13.9. The number of carbonyl (C=O) groups is 1. The molecular formula is C14H17F2NO2. The highest BCUT2D eigenvalue weighted by atomic mass is 19.3. The third-order valence-corrected chi connectivity index (χ3v) is 3.59. The van der Waals surface area contributed by atoms with Crippen LogP contribution in [0.1, 0.15) is 30.4 Å². The Balaban J connectivity index is 2.12. The highest BCUT2D eigenvalue weighted by Gasteiger charge is 2.28. The molecule has 2 atom stereocenters. The minimum Gasteiger partial charge on any atom is -0.481 e. The van der Waals surface area contributed by atoms with Crippen LogP contribution in [0.4, 0.5) is 8.78 Å². The summed E-state index contributed by atoms with van der Waals surface area (Å²) in [4.78, 5) is 11.0. The highest BCUT2D eigenvalue weighted by molar-refractivity contribution is 5.70. The Hall–Kier alpha value is -1.49. The summed E-state index contributed by atoms with van der Waals surface area (Å²) in [7, 11) is 0. The Bertz CT molecular complexity index is 454. The molecule has 1 heterocycles. The van der Waals surface area contributed by atoms with Crippen molar-refractivity contribution in [2.24, 2.45) is 5.92 Å². The van der Waals surface area contributed by atoms with Crippen LogP contribution in [0.25, 0.3) is 0 Å². The van der Waals surface area contributed by atoms with Crippen molar-refractivity contribution in [3.8, 4) is 0 Å². The van der Waals surface area contributed by atoms with E-state index in [4.69, 9.17) is 5.11 Å². The van der Waals surface area contributed by atoms with E-state index >= 15 is 0 Å². The number of carboxylic acids is 1. The molecule has 1 fully saturated rings. The van der Waals surface area contributed by atoms with Gasteiger partial charge in [-0.1, -0.05) is 24.3 Å². The molecule has 2 unspecified atom stereocenters. The predicted molar refractivity (Wildman–Crippen MR) is 67.4 cm³/mol. The maximum absolute atomic E-state index is 13.1. The molecule has 0 aromatic heterocycles. The minimum atomic E-state index is -2.84. The van der Waals surface area contributed by atoms with E-state index in [1.807, 2.05) is 0 Å². The van der Waals surface area contributed by atoms with Crippen LogP contribution in [0.5, 0.6) is 0 Å². The standard InChI is InChI=1S/C14H17F2NO2/c1-14(15,16)12-4-2-9(3-5-12)10-6-11(13(18)19)8-17-7-10/h2-5,10-11,17H,6-8H2,1H3,(H,18,19). The van der Waals surface area contributed by atoms with Crippen molar-refractivity contribution >= 4 is 5.97 Å². The SMILES string of the molecule is CC(F)(F)c1ccc(C2CNCC(C(=O)O)C2)cc1. The molecule has 0 spiro atoms. The third kappa shape index (κ3) is 3.29. The van der Waals surface area contributed by atoms with Crippen LogP contribution < -0.4 is 5.32 Å². The van der Waals surface area contributed by atoms with Gasteiger partial charge in [-0.3, -0.25) is 4.79 Å². The zero-order chi connectivity index (χ0) is 14.0. The zero-order valence-corrected chi connectivity index (χ0v) is 10.7. The molecule has 0 radical (unpaired) electrons. The summed E-state index contributed by atoms with van der Waals surface area (Å²) >= 11 is 0. The van der Waals surface area contributed by atoms with Crippen molar-refractivity contribution in [3.63, 3.8) is 0 Å². The van der Waals surface area contributed by atoms with Crippen LogP contribution in [-0.2, 0) is 10.7 Å². The quantitative estimate of drug-likeness (QED) is 0.886. The van der Waals surface area contributed by atoms with Gasteiger partial charge in [0.25, 0.3) is 5.92 Å². The lowest BCUT2D eigenvalue weighted by atomic mass is 9.85. The molecule has 3 nitrogen and oxygen atoms in total. The van der Waals surface area contributed by atoms with E-state index in [9.17, 15) is 13.6 Å². The summed E-state index contributed by atoms with van der Waals surface area (Å²) in [6.45, 7) is 2.02. The van der Waals surface area contributed by atoms with Gasteiger partial charge in [0.1, 0.15) is 0 Å². The second kappa shape index (κ2) is 5.25. The zero-order valence-electron chi connectivity index (χ0n) is 10.7. The first-order valence-electron chi connectivity index (χ1n) is 6.29. The molecule has 1 aliphatic heterocycles. The van der Waals surface area contributed by atoms with E-state index in [-0.39, 0.29) is 11.5 Å². The average molecular weight is 269 g/mol. The highest BCUT2D eigenvalue weighted by Crippen LogP contribution is 2.31. The molecule has 104 valence electrons. The second-order valence-electron chi connectivity index (χ2n) is 5.14. The van der Waals surface area contributed by atoms with Crippen molar-refractivity contribution < 1.29 is 18.7 Å². The minimum absolute atomic E-state index is 0.0187. The number of hydrogen-bond donors (Lipinski definition) is 2. The van der Waals surface area contributed by atoms with Gasteiger partial charge in [-0.05, 0) is 17.9 Å². The Morgan fingerprint density at radius 2 is 1.95 bits per heavy atom. The maximum atomic E-state index is 13.1.